The number of hydrogen-bond acceptors (Lipinski definition) is 1. The summed E-state index contributed by atoms with van der Waals surface area (Å²) in [4.78, 5) is 0. The first-order valence-corrected chi connectivity index (χ1v) is 9.55. The Hall–Kier alpha value is -2.42. The molecule has 2 nitrogen and oxygen atoms in total. The SMILES string of the molecule is Cc1c(C2(c3ccc(F)cc3)CC2)n[nH]c1C(c1ccccc1)C1CC1. The molecule has 2 saturated carbocycles. The van der Waals surface area contributed by atoms with Crippen LogP contribution in [0.15, 0.2) is 54.6 Å². The number of aromatic amines is 1. The zero-order chi connectivity index (χ0) is 17.7. The Balaban J connectivity index is 1.55. The molecule has 2 fully saturated rings. The van der Waals surface area contributed by atoms with Crippen LogP contribution in [-0.4, -0.2) is 10.2 Å². The van der Waals surface area contributed by atoms with Crippen molar-refractivity contribution in [1.82, 2.24) is 10.2 Å². The summed E-state index contributed by atoms with van der Waals surface area (Å²) >= 11 is 0. The average molecular weight is 346 g/mol. The Kier molecular flexibility index (Phi) is 3.53. The van der Waals surface area contributed by atoms with E-state index in [0.717, 1.165) is 18.5 Å². The quantitative estimate of drug-likeness (QED) is 0.651. The smallest absolute Gasteiger partial charge is 0.123 e. The molecule has 0 aliphatic heterocycles. The lowest BCUT2D eigenvalue weighted by Gasteiger charge is -2.18. The van der Waals surface area contributed by atoms with Crippen molar-refractivity contribution in [3.8, 4) is 0 Å². The van der Waals surface area contributed by atoms with E-state index in [1.54, 1.807) is 12.1 Å². The predicted octanol–water partition coefficient (Wildman–Crippen LogP) is 5.48. The van der Waals surface area contributed by atoms with Crippen molar-refractivity contribution in [3.05, 3.63) is 88.5 Å². The second kappa shape index (κ2) is 5.80. The minimum Gasteiger partial charge on any atom is -0.281 e. The third-order valence-electron chi connectivity index (χ3n) is 6.21. The van der Waals surface area contributed by atoms with Crippen LogP contribution in [-0.2, 0) is 5.41 Å². The van der Waals surface area contributed by atoms with Gasteiger partial charge in [0.25, 0.3) is 0 Å². The normalized spacial score (nSPS) is 19.3. The molecule has 0 radical (unpaired) electrons. The first-order chi connectivity index (χ1) is 12.7. The molecule has 132 valence electrons. The minimum absolute atomic E-state index is 0.0304. The molecule has 3 aromatic rings. The van der Waals surface area contributed by atoms with Crippen LogP contribution in [0, 0.1) is 18.7 Å². The molecule has 1 unspecified atom stereocenters. The topological polar surface area (TPSA) is 28.7 Å². The summed E-state index contributed by atoms with van der Waals surface area (Å²) in [6.45, 7) is 2.20. The van der Waals surface area contributed by atoms with Gasteiger partial charge in [0.15, 0.2) is 0 Å². The first-order valence-electron chi connectivity index (χ1n) is 9.55. The van der Waals surface area contributed by atoms with Crippen molar-refractivity contribution >= 4 is 0 Å². The highest BCUT2D eigenvalue weighted by molar-refractivity contribution is 5.48. The van der Waals surface area contributed by atoms with Gasteiger partial charge in [-0.05, 0) is 67.3 Å². The molecule has 2 aliphatic carbocycles. The third-order valence-corrected chi connectivity index (χ3v) is 6.21. The Bertz CT molecular complexity index is 919. The van der Waals surface area contributed by atoms with Gasteiger partial charge in [0.2, 0.25) is 0 Å². The monoisotopic (exact) mass is 346 g/mol. The molecule has 0 bridgehead atoms. The highest BCUT2D eigenvalue weighted by Crippen LogP contribution is 2.55. The number of nitrogens with one attached hydrogen (secondary N) is 1. The van der Waals surface area contributed by atoms with E-state index in [1.165, 1.54) is 35.2 Å². The molecule has 5 rings (SSSR count). The van der Waals surface area contributed by atoms with E-state index in [-0.39, 0.29) is 11.2 Å². The lowest BCUT2D eigenvalue weighted by Crippen LogP contribution is -2.11. The van der Waals surface area contributed by atoms with Crippen LogP contribution in [0.25, 0.3) is 0 Å². The highest BCUT2D eigenvalue weighted by Gasteiger charge is 2.49. The van der Waals surface area contributed by atoms with Crippen LogP contribution >= 0.6 is 0 Å². The standard InChI is InChI=1S/C23H23FN2/c1-15-21(20(17-7-8-17)16-5-3-2-4-6-16)25-26-22(15)23(13-14-23)18-9-11-19(24)12-10-18/h2-6,9-12,17,20H,7-8,13-14H2,1H3,(H,25,26). The summed E-state index contributed by atoms with van der Waals surface area (Å²) in [7, 11) is 0. The molecule has 3 heteroatoms. The maximum absolute atomic E-state index is 13.3. The van der Waals surface area contributed by atoms with Crippen LogP contribution in [0.4, 0.5) is 4.39 Å². The lowest BCUT2D eigenvalue weighted by molar-refractivity contribution is 0.625. The molecule has 0 saturated heterocycles. The van der Waals surface area contributed by atoms with Crippen LogP contribution in [0.3, 0.4) is 0 Å². The molecule has 1 N–H and O–H groups in total. The van der Waals surface area contributed by atoms with Crippen LogP contribution < -0.4 is 0 Å². The van der Waals surface area contributed by atoms with Crippen LogP contribution in [0.5, 0.6) is 0 Å². The van der Waals surface area contributed by atoms with E-state index in [4.69, 9.17) is 5.10 Å². The minimum atomic E-state index is -0.179. The number of rotatable bonds is 5. The van der Waals surface area contributed by atoms with Gasteiger partial charge in [0, 0.05) is 17.0 Å². The van der Waals surface area contributed by atoms with Crippen molar-refractivity contribution < 1.29 is 4.39 Å². The zero-order valence-electron chi connectivity index (χ0n) is 15.0. The molecule has 1 aromatic heterocycles. The molecule has 0 amide bonds. The van der Waals surface area contributed by atoms with E-state index in [2.05, 4.69) is 42.4 Å². The number of nitrogens with zero attached hydrogens (tertiary/aromatic N) is 1. The Morgan fingerprint density at radius 2 is 1.73 bits per heavy atom. The number of halogens is 1. The fourth-order valence-electron chi connectivity index (χ4n) is 4.50. The van der Waals surface area contributed by atoms with Crippen molar-refractivity contribution in [2.75, 3.05) is 0 Å². The molecule has 0 spiro atoms. The van der Waals surface area contributed by atoms with Gasteiger partial charge in [-0.15, -0.1) is 0 Å². The number of hydrogen-bond donors (Lipinski definition) is 1. The van der Waals surface area contributed by atoms with Crippen molar-refractivity contribution in [1.29, 1.82) is 0 Å². The van der Waals surface area contributed by atoms with Crippen molar-refractivity contribution in [2.45, 2.75) is 43.9 Å². The molecule has 1 heterocycles. The molecule has 26 heavy (non-hydrogen) atoms. The van der Waals surface area contributed by atoms with E-state index in [0.29, 0.717) is 11.8 Å². The number of H-pyrrole nitrogens is 1. The van der Waals surface area contributed by atoms with Gasteiger partial charge in [0.1, 0.15) is 5.82 Å². The molecule has 2 aliphatic rings. The van der Waals surface area contributed by atoms with Crippen LogP contribution in [0.2, 0.25) is 0 Å². The van der Waals surface area contributed by atoms with E-state index < -0.39 is 0 Å². The van der Waals surface area contributed by atoms with Gasteiger partial charge >= 0.3 is 0 Å². The van der Waals surface area contributed by atoms with Gasteiger partial charge < -0.3 is 0 Å². The number of benzene rings is 2. The fourth-order valence-corrected chi connectivity index (χ4v) is 4.50. The molecular formula is C23H23FN2. The molecule has 1 atom stereocenters. The maximum Gasteiger partial charge on any atom is 0.123 e. The summed E-state index contributed by atoms with van der Waals surface area (Å²) in [6.07, 6.45) is 4.75. The molecule has 2 aromatic carbocycles. The Labute approximate surface area is 153 Å². The molecular weight excluding hydrogens is 323 g/mol. The zero-order valence-corrected chi connectivity index (χ0v) is 15.0. The van der Waals surface area contributed by atoms with Gasteiger partial charge in [-0.2, -0.15) is 5.10 Å². The highest BCUT2D eigenvalue weighted by atomic mass is 19.1. The van der Waals surface area contributed by atoms with Gasteiger partial charge in [-0.1, -0.05) is 42.5 Å². The summed E-state index contributed by atoms with van der Waals surface area (Å²) in [6, 6.07) is 17.8. The Morgan fingerprint density at radius 1 is 1.04 bits per heavy atom. The van der Waals surface area contributed by atoms with Crippen molar-refractivity contribution in [2.24, 2.45) is 5.92 Å². The summed E-state index contributed by atoms with van der Waals surface area (Å²) in [5.41, 5.74) is 6.23. The van der Waals surface area contributed by atoms with Gasteiger partial charge in [-0.25, -0.2) is 4.39 Å². The lowest BCUT2D eigenvalue weighted by atomic mass is 9.85. The Morgan fingerprint density at radius 3 is 2.35 bits per heavy atom. The van der Waals surface area contributed by atoms with E-state index in [9.17, 15) is 4.39 Å². The summed E-state index contributed by atoms with van der Waals surface area (Å²) < 4.78 is 13.3. The van der Waals surface area contributed by atoms with E-state index in [1.807, 2.05) is 12.1 Å². The predicted molar refractivity (Wildman–Crippen MR) is 101 cm³/mol. The second-order valence-electron chi connectivity index (χ2n) is 7.93. The van der Waals surface area contributed by atoms with Crippen LogP contribution in [0.1, 0.15) is 59.7 Å². The largest absolute Gasteiger partial charge is 0.281 e. The summed E-state index contributed by atoms with van der Waals surface area (Å²) in [5.74, 6) is 0.939. The third kappa shape index (κ3) is 2.49. The number of aromatic nitrogens is 2. The van der Waals surface area contributed by atoms with Gasteiger partial charge in [0.05, 0.1) is 5.69 Å². The fraction of sp³-hybridized carbons (Fsp3) is 0.348. The average Bonchev–Trinajstić information content (AvgIpc) is 3.58. The van der Waals surface area contributed by atoms with Crippen molar-refractivity contribution in [3.63, 3.8) is 0 Å². The van der Waals surface area contributed by atoms with E-state index >= 15 is 0 Å². The maximum atomic E-state index is 13.3. The summed E-state index contributed by atoms with van der Waals surface area (Å²) in [5, 5.41) is 8.18. The first kappa shape index (κ1) is 15.8. The second-order valence-corrected chi connectivity index (χ2v) is 7.93. The van der Waals surface area contributed by atoms with Gasteiger partial charge in [-0.3, -0.25) is 5.10 Å².